The molecule has 0 amide bonds. The van der Waals surface area contributed by atoms with Crippen LogP contribution in [0.3, 0.4) is 0 Å². The van der Waals surface area contributed by atoms with E-state index in [1.54, 1.807) is 0 Å². The van der Waals surface area contributed by atoms with Gasteiger partial charge in [-0.15, -0.1) is 0 Å². The Labute approximate surface area is 190 Å². The maximum Gasteiger partial charge on any atom is 0.140 e. The van der Waals surface area contributed by atoms with E-state index >= 15 is 0 Å². The highest BCUT2D eigenvalue weighted by Crippen LogP contribution is 2.32. The van der Waals surface area contributed by atoms with Gasteiger partial charge in [0, 0.05) is 22.8 Å². The lowest BCUT2D eigenvalue weighted by Crippen LogP contribution is -2.15. The summed E-state index contributed by atoms with van der Waals surface area (Å²) in [4.78, 5) is 10.2. The zero-order chi connectivity index (χ0) is 22.5. The SMILES string of the molecule is CCCCCc1cc2c(nc1N)[nH]c1ccc(-c3ccc(OCCCN(C)C)cc3)cc12. The Morgan fingerprint density at radius 1 is 0.938 bits per heavy atom. The van der Waals surface area contributed by atoms with Crippen molar-refractivity contribution in [1.82, 2.24) is 14.9 Å². The lowest BCUT2D eigenvalue weighted by atomic mass is 10.0. The average molecular weight is 431 g/mol. The minimum atomic E-state index is 0.640. The summed E-state index contributed by atoms with van der Waals surface area (Å²) in [6, 6.07) is 17.1. The number of benzene rings is 2. The molecule has 0 spiro atoms. The van der Waals surface area contributed by atoms with Crippen molar-refractivity contribution in [3.8, 4) is 16.9 Å². The fraction of sp³-hybridized carbons (Fsp3) is 0.370. The summed E-state index contributed by atoms with van der Waals surface area (Å²) in [5, 5.41) is 2.33. The van der Waals surface area contributed by atoms with Crippen molar-refractivity contribution in [2.75, 3.05) is 33.0 Å². The lowest BCUT2D eigenvalue weighted by Gasteiger charge is -2.11. The molecule has 3 N–H and O–H groups in total. The van der Waals surface area contributed by atoms with Gasteiger partial charge in [-0.25, -0.2) is 4.98 Å². The van der Waals surface area contributed by atoms with Gasteiger partial charge in [-0.2, -0.15) is 0 Å². The van der Waals surface area contributed by atoms with Gasteiger partial charge in [-0.1, -0.05) is 38.0 Å². The molecule has 2 aromatic carbocycles. The van der Waals surface area contributed by atoms with Gasteiger partial charge in [0.05, 0.1) is 6.61 Å². The fourth-order valence-corrected chi connectivity index (χ4v) is 4.13. The number of unbranched alkanes of at least 4 members (excludes halogenated alkanes) is 2. The molecule has 0 radical (unpaired) electrons. The second kappa shape index (κ2) is 10.0. The third-order valence-electron chi connectivity index (χ3n) is 5.95. The second-order valence-electron chi connectivity index (χ2n) is 8.80. The van der Waals surface area contributed by atoms with Crippen LogP contribution in [0, 0.1) is 0 Å². The largest absolute Gasteiger partial charge is 0.494 e. The molecule has 4 rings (SSSR count). The van der Waals surface area contributed by atoms with Crippen molar-refractivity contribution in [2.24, 2.45) is 0 Å². The molecule has 168 valence electrons. The molecular formula is C27H34N4O. The topological polar surface area (TPSA) is 67.2 Å². The number of ether oxygens (including phenoxy) is 1. The summed E-state index contributed by atoms with van der Waals surface area (Å²) in [5.74, 6) is 1.55. The van der Waals surface area contributed by atoms with Gasteiger partial charge < -0.3 is 20.4 Å². The zero-order valence-electron chi connectivity index (χ0n) is 19.4. The smallest absolute Gasteiger partial charge is 0.140 e. The summed E-state index contributed by atoms with van der Waals surface area (Å²) >= 11 is 0. The first-order valence-electron chi connectivity index (χ1n) is 11.6. The van der Waals surface area contributed by atoms with E-state index in [1.165, 1.54) is 29.4 Å². The minimum Gasteiger partial charge on any atom is -0.494 e. The van der Waals surface area contributed by atoms with E-state index in [0.717, 1.165) is 60.3 Å². The van der Waals surface area contributed by atoms with Crippen LogP contribution in [-0.4, -0.2) is 42.1 Å². The van der Waals surface area contributed by atoms with E-state index in [1.807, 2.05) is 0 Å². The van der Waals surface area contributed by atoms with E-state index < -0.39 is 0 Å². The predicted molar refractivity (Wildman–Crippen MR) is 135 cm³/mol. The molecule has 0 unspecified atom stereocenters. The molecule has 0 saturated carbocycles. The van der Waals surface area contributed by atoms with Crippen LogP contribution < -0.4 is 10.5 Å². The first-order valence-corrected chi connectivity index (χ1v) is 11.6. The number of nitrogens with zero attached hydrogens (tertiary/aromatic N) is 2. The zero-order valence-corrected chi connectivity index (χ0v) is 19.4. The van der Waals surface area contributed by atoms with Gasteiger partial charge in [-0.3, -0.25) is 0 Å². The van der Waals surface area contributed by atoms with Gasteiger partial charge in [0.15, 0.2) is 0 Å². The van der Waals surface area contributed by atoms with E-state index in [-0.39, 0.29) is 0 Å². The summed E-state index contributed by atoms with van der Waals surface area (Å²) < 4.78 is 5.88. The van der Waals surface area contributed by atoms with Crippen LogP contribution in [-0.2, 0) is 6.42 Å². The van der Waals surface area contributed by atoms with Crippen LogP contribution in [0.25, 0.3) is 33.1 Å². The van der Waals surface area contributed by atoms with Crippen LogP contribution in [0.1, 0.15) is 38.2 Å². The van der Waals surface area contributed by atoms with Crippen LogP contribution in [0.5, 0.6) is 5.75 Å². The molecule has 5 heteroatoms. The molecule has 0 fully saturated rings. The number of aromatic amines is 1. The van der Waals surface area contributed by atoms with E-state index in [4.69, 9.17) is 10.5 Å². The summed E-state index contributed by atoms with van der Waals surface area (Å²) in [6.07, 6.45) is 5.55. The highest BCUT2D eigenvalue weighted by atomic mass is 16.5. The van der Waals surface area contributed by atoms with Crippen molar-refractivity contribution in [1.29, 1.82) is 0 Å². The second-order valence-corrected chi connectivity index (χ2v) is 8.80. The quantitative estimate of drug-likeness (QED) is 0.302. The number of pyridine rings is 1. The van der Waals surface area contributed by atoms with Crippen molar-refractivity contribution in [3.05, 3.63) is 54.1 Å². The fourth-order valence-electron chi connectivity index (χ4n) is 4.13. The van der Waals surface area contributed by atoms with E-state index in [2.05, 4.69) is 84.4 Å². The Balaban J connectivity index is 1.57. The highest BCUT2D eigenvalue weighted by Gasteiger charge is 2.11. The van der Waals surface area contributed by atoms with Crippen LogP contribution in [0.2, 0.25) is 0 Å². The first kappa shape index (κ1) is 22.2. The van der Waals surface area contributed by atoms with Crippen molar-refractivity contribution < 1.29 is 4.74 Å². The van der Waals surface area contributed by atoms with E-state index in [9.17, 15) is 0 Å². The summed E-state index contributed by atoms with van der Waals surface area (Å²) in [5.41, 5.74) is 11.7. The number of H-pyrrole nitrogens is 1. The predicted octanol–water partition coefficient (Wildman–Crippen LogP) is 6.03. The monoisotopic (exact) mass is 430 g/mol. The summed E-state index contributed by atoms with van der Waals surface area (Å²) in [7, 11) is 4.16. The van der Waals surface area contributed by atoms with Gasteiger partial charge in [0.1, 0.15) is 17.2 Å². The van der Waals surface area contributed by atoms with Crippen molar-refractivity contribution >= 4 is 27.8 Å². The third-order valence-corrected chi connectivity index (χ3v) is 5.95. The standard InChI is InChI=1S/C27H34N4O/c1-4-5-6-8-21-18-24-23-17-20(11-14-25(23)29-27(24)30-26(21)28)19-9-12-22(13-10-19)32-16-7-15-31(2)3/h9-14,17-18H,4-8,15-16H2,1-3H3,(H3,28,29,30). The number of rotatable bonds is 10. The molecule has 0 aliphatic carbocycles. The molecular weight excluding hydrogens is 396 g/mol. The number of nitrogens with one attached hydrogen (secondary N) is 1. The molecule has 0 atom stereocenters. The Morgan fingerprint density at radius 3 is 2.47 bits per heavy atom. The maximum absolute atomic E-state index is 6.24. The number of aromatic nitrogens is 2. The molecule has 0 aliphatic heterocycles. The van der Waals surface area contributed by atoms with Crippen molar-refractivity contribution in [2.45, 2.75) is 39.0 Å². The lowest BCUT2D eigenvalue weighted by molar-refractivity contribution is 0.281. The molecule has 32 heavy (non-hydrogen) atoms. The molecule has 2 heterocycles. The molecule has 0 aliphatic rings. The van der Waals surface area contributed by atoms with Gasteiger partial charge in [0.25, 0.3) is 0 Å². The maximum atomic E-state index is 6.24. The number of anilines is 1. The van der Waals surface area contributed by atoms with Crippen molar-refractivity contribution in [3.63, 3.8) is 0 Å². The number of fused-ring (bicyclic) bond motifs is 3. The Morgan fingerprint density at radius 2 is 1.72 bits per heavy atom. The molecule has 2 aromatic heterocycles. The summed E-state index contributed by atoms with van der Waals surface area (Å²) in [6.45, 7) is 3.98. The van der Waals surface area contributed by atoms with Gasteiger partial charge in [-0.05, 0) is 80.4 Å². The number of aryl methyl sites for hydroxylation is 1. The number of hydrogen-bond donors (Lipinski definition) is 2. The first-order chi connectivity index (χ1) is 15.5. The van der Waals surface area contributed by atoms with E-state index in [0.29, 0.717) is 5.82 Å². The normalized spacial score (nSPS) is 11.6. The third kappa shape index (κ3) is 5.05. The van der Waals surface area contributed by atoms with Gasteiger partial charge >= 0.3 is 0 Å². The van der Waals surface area contributed by atoms with Gasteiger partial charge in [0.2, 0.25) is 0 Å². The minimum absolute atomic E-state index is 0.640. The molecule has 5 nitrogen and oxygen atoms in total. The molecule has 4 aromatic rings. The van der Waals surface area contributed by atoms with Crippen LogP contribution in [0.15, 0.2) is 48.5 Å². The highest BCUT2D eigenvalue weighted by molar-refractivity contribution is 6.07. The molecule has 0 bridgehead atoms. The van der Waals surface area contributed by atoms with Crippen LogP contribution >= 0.6 is 0 Å². The average Bonchev–Trinajstić information content (AvgIpc) is 3.13. The number of nitrogen functional groups attached to an aromatic ring is 1. The Kier molecular flexibility index (Phi) is 6.96. The number of hydrogen-bond acceptors (Lipinski definition) is 4. The molecule has 0 saturated heterocycles. The number of nitrogens with two attached hydrogens (primary N) is 1. The van der Waals surface area contributed by atoms with Crippen LogP contribution in [0.4, 0.5) is 5.82 Å². The Hall–Kier alpha value is -3.05. The Bertz CT molecular complexity index is 1180.